The average molecular weight is 631 g/mol. The van der Waals surface area contributed by atoms with Gasteiger partial charge in [0.15, 0.2) is 0 Å². The zero-order chi connectivity index (χ0) is 32.3. The molecule has 2 heterocycles. The van der Waals surface area contributed by atoms with E-state index in [1.807, 2.05) is 23.1 Å². The van der Waals surface area contributed by atoms with Crippen LogP contribution in [0.1, 0.15) is 60.9 Å². The van der Waals surface area contributed by atoms with Crippen LogP contribution in [-0.4, -0.2) is 64.2 Å². The van der Waals surface area contributed by atoms with Crippen molar-refractivity contribution in [1.82, 2.24) is 9.80 Å². The first kappa shape index (κ1) is 31.0. The summed E-state index contributed by atoms with van der Waals surface area (Å²) >= 11 is 0. The van der Waals surface area contributed by atoms with Crippen LogP contribution < -0.4 is 4.74 Å². The highest BCUT2D eigenvalue weighted by atomic mass is 19.4. The van der Waals surface area contributed by atoms with Gasteiger partial charge in [0.2, 0.25) is 5.91 Å². The summed E-state index contributed by atoms with van der Waals surface area (Å²) in [6.45, 7) is 6.26. The minimum atomic E-state index is -4.46. The molecule has 0 aromatic heterocycles. The maximum absolute atomic E-state index is 14.0. The maximum Gasteiger partial charge on any atom is 0.416 e. The van der Waals surface area contributed by atoms with Crippen molar-refractivity contribution >= 4 is 12.0 Å². The Labute approximate surface area is 268 Å². The third-order valence-corrected chi connectivity index (χ3v) is 10.8. The second-order valence-electron chi connectivity index (χ2n) is 13.9. The van der Waals surface area contributed by atoms with Crippen molar-refractivity contribution in [1.29, 1.82) is 0 Å². The molecule has 1 saturated carbocycles. The van der Waals surface area contributed by atoms with Crippen molar-refractivity contribution in [2.24, 2.45) is 5.92 Å². The maximum atomic E-state index is 14.0. The van der Waals surface area contributed by atoms with Gasteiger partial charge >= 0.3 is 6.18 Å². The number of halogens is 3. The summed E-state index contributed by atoms with van der Waals surface area (Å²) in [5, 5.41) is 12.9. The van der Waals surface area contributed by atoms with E-state index in [4.69, 9.17) is 4.74 Å². The SMILES string of the molecule is CC(C)CN(C(=O)C=Cc1cccc(C(F)(F)F)c1)[C@H]1CC[C@@]2(O)[C@H]3Cc4cccc5c4[C@@]2(CCN3CCc2ccccc2)[C@H]1O5. The third-order valence-electron chi connectivity index (χ3n) is 10.8. The Morgan fingerprint density at radius 2 is 1.87 bits per heavy atom. The van der Waals surface area contributed by atoms with Crippen LogP contribution in [0.5, 0.6) is 5.75 Å². The zero-order valence-electron chi connectivity index (χ0n) is 26.3. The molecular weight excluding hydrogens is 589 g/mol. The molecule has 2 aliphatic carbocycles. The second-order valence-corrected chi connectivity index (χ2v) is 13.9. The Morgan fingerprint density at radius 3 is 2.63 bits per heavy atom. The van der Waals surface area contributed by atoms with Gasteiger partial charge in [-0.15, -0.1) is 0 Å². The summed E-state index contributed by atoms with van der Waals surface area (Å²) in [7, 11) is 0. The quantitative estimate of drug-likeness (QED) is 0.283. The topological polar surface area (TPSA) is 53.0 Å². The highest BCUT2D eigenvalue weighted by Gasteiger charge is 2.73. The third kappa shape index (κ3) is 5.05. The Bertz CT molecular complexity index is 1640. The molecule has 2 bridgehead atoms. The standard InChI is InChI=1S/C38H41F3N2O3/c1-25(2)24-43(33(44)15-14-27-10-6-12-29(22-27)38(39,40)41)30-16-18-37(45)32-23-28-11-7-13-31-34(28)36(37,35(30)46-31)19-21-42(32)20-17-26-8-4-3-5-9-26/h3-15,22,25,30,32,35,45H,16-21,23-24H2,1-2H3/t30-,32+,35-,36-,37+/m0/s1. The lowest BCUT2D eigenvalue weighted by atomic mass is 9.48. The van der Waals surface area contributed by atoms with E-state index in [0.717, 1.165) is 55.8 Å². The van der Waals surface area contributed by atoms with Crippen molar-refractivity contribution in [3.05, 3.63) is 107 Å². The molecule has 1 N–H and O–H groups in total. The zero-order valence-corrected chi connectivity index (χ0v) is 26.3. The molecule has 7 rings (SSSR count). The van der Waals surface area contributed by atoms with Crippen molar-refractivity contribution < 1.29 is 27.8 Å². The van der Waals surface area contributed by atoms with E-state index in [9.17, 15) is 23.1 Å². The van der Waals surface area contributed by atoms with Gasteiger partial charge in [-0.1, -0.05) is 68.4 Å². The van der Waals surface area contributed by atoms with Crippen LogP contribution in [0.2, 0.25) is 0 Å². The highest BCUT2D eigenvalue weighted by Crippen LogP contribution is 2.64. The molecule has 8 heteroatoms. The van der Waals surface area contributed by atoms with Crippen LogP contribution in [0, 0.1) is 5.92 Å². The normalized spacial score (nSPS) is 28.3. The largest absolute Gasteiger partial charge is 0.487 e. The molecule has 0 unspecified atom stereocenters. The van der Waals surface area contributed by atoms with E-state index in [1.165, 1.54) is 29.3 Å². The fourth-order valence-electron chi connectivity index (χ4n) is 8.94. The van der Waals surface area contributed by atoms with Crippen molar-refractivity contribution in [3.8, 4) is 5.75 Å². The summed E-state index contributed by atoms with van der Waals surface area (Å²) in [5.74, 6) is 0.702. The summed E-state index contributed by atoms with van der Waals surface area (Å²) in [6.07, 6.45) is 1.47. The number of hydrogen-bond donors (Lipinski definition) is 1. The number of ether oxygens (including phenoxy) is 1. The number of aliphatic hydroxyl groups is 1. The number of likely N-dealkylation sites (tertiary alicyclic amines) is 1. The van der Waals surface area contributed by atoms with Gasteiger partial charge in [0, 0.05) is 30.8 Å². The molecule has 46 heavy (non-hydrogen) atoms. The van der Waals surface area contributed by atoms with Gasteiger partial charge in [-0.05, 0) is 85.5 Å². The van der Waals surface area contributed by atoms with E-state index in [0.29, 0.717) is 24.9 Å². The van der Waals surface area contributed by atoms with Gasteiger partial charge in [0.25, 0.3) is 0 Å². The lowest BCUT2D eigenvalue weighted by Gasteiger charge is -2.65. The van der Waals surface area contributed by atoms with Gasteiger partial charge in [-0.3, -0.25) is 9.69 Å². The van der Waals surface area contributed by atoms with Gasteiger partial charge < -0.3 is 14.7 Å². The molecule has 4 aliphatic rings. The molecular formula is C38H41F3N2O3. The van der Waals surface area contributed by atoms with Crippen molar-refractivity contribution in [3.63, 3.8) is 0 Å². The Morgan fingerprint density at radius 1 is 1.09 bits per heavy atom. The highest BCUT2D eigenvalue weighted by molar-refractivity contribution is 5.92. The molecule has 3 aromatic carbocycles. The number of nitrogens with zero attached hydrogens (tertiary/aromatic N) is 2. The summed E-state index contributed by atoms with van der Waals surface area (Å²) in [6, 6.07) is 21.3. The van der Waals surface area contributed by atoms with Gasteiger partial charge in [0.05, 0.1) is 22.6 Å². The number of carbonyl (C=O) groups excluding carboxylic acids is 1. The van der Waals surface area contributed by atoms with Crippen molar-refractivity contribution in [2.75, 3.05) is 19.6 Å². The number of alkyl halides is 3. The Hall–Kier alpha value is -3.62. The van der Waals surface area contributed by atoms with E-state index in [2.05, 4.69) is 49.1 Å². The smallest absolute Gasteiger partial charge is 0.416 e. The summed E-state index contributed by atoms with van der Waals surface area (Å²) in [5.41, 5.74) is 1.52. The fourth-order valence-corrected chi connectivity index (χ4v) is 8.94. The van der Waals surface area contributed by atoms with Crippen LogP contribution in [0.4, 0.5) is 13.2 Å². The molecule has 1 spiro atoms. The lowest BCUT2D eigenvalue weighted by molar-refractivity contribution is -0.201. The molecule has 1 amide bonds. The number of rotatable bonds is 8. The van der Waals surface area contributed by atoms with Gasteiger partial charge in [-0.2, -0.15) is 13.2 Å². The Balaban J connectivity index is 1.21. The minimum absolute atomic E-state index is 0.0621. The summed E-state index contributed by atoms with van der Waals surface area (Å²) < 4.78 is 46.8. The average Bonchev–Trinajstić information content (AvgIpc) is 3.37. The van der Waals surface area contributed by atoms with Crippen LogP contribution in [0.3, 0.4) is 0 Å². The molecule has 2 fully saturated rings. The number of carbonyl (C=O) groups is 1. The lowest BCUT2D eigenvalue weighted by Crippen LogP contribution is -2.78. The molecule has 242 valence electrons. The van der Waals surface area contributed by atoms with E-state index >= 15 is 0 Å². The number of benzene rings is 3. The predicted octanol–water partition coefficient (Wildman–Crippen LogP) is 6.67. The van der Waals surface area contributed by atoms with Crippen LogP contribution in [-0.2, 0) is 29.2 Å². The van der Waals surface area contributed by atoms with Crippen LogP contribution >= 0.6 is 0 Å². The number of amides is 1. The van der Waals surface area contributed by atoms with Crippen LogP contribution in [0.25, 0.3) is 6.08 Å². The molecule has 2 aliphatic heterocycles. The second kappa shape index (κ2) is 11.6. The molecule has 3 aromatic rings. The first-order valence-electron chi connectivity index (χ1n) is 16.5. The van der Waals surface area contributed by atoms with E-state index in [-0.39, 0.29) is 23.9 Å². The first-order valence-corrected chi connectivity index (χ1v) is 16.5. The number of piperidine rings is 1. The molecule has 0 radical (unpaired) electrons. The fraction of sp³-hybridized carbons (Fsp3) is 0.447. The first-order chi connectivity index (χ1) is 22.0. The molecule has 1 saturated heterocycles. The minimum Gasteiger partial charge on any atom is -0.487 e. The molecule has 5 atom stereocenters. The van der Waals surface area contributed by atoms with E-state index < -0.39 is 28.9 Å². The van der Waals surface area contributed by atoms with Crippen LogP contribution in [0.15, 0.2) is 78.9 Å². The number of hydrogen-bond acceptors (Lipinski definition) is 4. The predicted molar refractivity (Wildman–Crippen MR) is 171 cm³/mol. The van der Waals surface area contributed by atoms with Crippen molar-refractivity contribution in [2.45, 2.75) is 81.3 Å². The van der Waals surface area contributed by atoms with E-state index in [1.54, 1.807) is 6.07 Å². The summed E-state index contributed by atoms with van der Waals surface area (Å²) in [4.78, 5) is 18.3. The van der Waals surface area contributed by atoms with Gasteiger partial charge in [-0.25, -0.2) is 0 Å². The molecule has 5 nitrogen and oxygen atoms in total. The van der Waals surface area contributed by atoms with Gasteiger partial charge in [0.1, 0.15) is 11.9 Å². The monoisotopic (exact) mass is 630 g/mol. The Kier molecular flexibility index (Phi) is 7.80.